The first-order valence-electron chi connectivity index (χ1n) is 7.08. The Bertz CT molecular complexity index is 573. The van der Waals surface area contributed by atoms with Crippen molar-refractivity contribution >= 4 is 0 Å². The van der Waals surface area contributed by atoms with Crippen LogP contribution in [0.4, 0.5) is 0 Å². The van der Waals surface area contributed by atoms with E-state index in [1.807, 2.05) is 12.1 Å². The quantitative estimate of drug-likeness (QED) is 0.851. The lowest BCUT2D eigenvalue weighted by atomic mass is 9.78. The molecule has 1 nitrogen and oxygen atoms in total. The molecule has 98 valence electrons. The van der Waals surface area contributed by atoms with Gasteiger partial charge in [0, 0.05) is 5.92 Å². The van der Waals surface area contributed by atoms with E-state index in [-0.39, 0.29) is 12.0 Å². The van der Waals surface area contributed by atoms with Gasteiger partial charge in [-0.1, -0.05) is 54.1 Å². The van der Waals surface area contributed by atoms with E-state index >= 15 is 0 Å². The zero-order valence-corrected chi connectivity index (χ0v) is 11.3. The molecule has 0 aliphatic heterocycles. The summed E-state index contributed by atoms with van der Waals surface area (Å²) in [6.45, 7) is 2.07. The second-order valence-corrected chi connectivity index (χ2v) is 5.56. The third-order valence-corrected chi connectivity index (χ3v) is 4.18. The Hall–Kier alpha value is -1.60. The van der Waals surface area contributed by atoms with Crippen molar-refractivity contribution in [2.75, 3.05) is 0 Å². The van der Waals surface area contributed by atoms with E-state index in [1.165, 1.54) is 23.1 Å². The molecule has 0 aromatic heterocycles. The third kappa shape index (κ3) is 2.43. The fourth-order valence-corrected chi connectivity index (χ4v) is 3.21. The van der Waals surface area contributed by atoms with E-state index in [2.05, 4.69) is 43.3 Å². The summed E-state index contributed by atoms with van der Waals surface area (Å²) in [6.07, 6.45) is 3.01. The minimum Gasteiger partial charge on any atom is -0.388 e. The molecule has 3 rings (SSSR count). The van der Waals surface area contributed by atoms with Crippen molar-refractivity contribution in [1.82, 2.24) is 0 Å². The molecule has 0 saturated carbocycles. The van der Waals surface area contributed by atoms with Crippen LogP contribution in [0.3, 0.4) is 0 Å². The molecular weight excluding hydrogens is 232 g/mol. The second-order valence-electron chi connectivity index (χ2n) is 5.56. The van der Waals surface area contributed by atoms with Crippen LogP contribution in [-0.2, 0) is 6.42 Å². The predicted octanol–water partition coefficient (Wildman–Crippen LogP) is 4.15. The molecule has 1 aliphatic carbocycles. The Morgan fingerprint density at radius 3 is 2.79 bits per heavy atom. The maximum absolute atomic E-state index is 10.7. The Morgan fingerprint density at radius 1 is 1.11 bits per heavy atom. The van der Waals surface area contributed by atoms with E-state index < -0.39 is 0 Å². The molecule has 19 heavy (non-hydrogen) atoms. The molecular formula is C18H20O. The number of aliphatic hydroxyl groups is 1. The van der Waals surface area contributed by atoms with Crippen LogP contribution in [0.25, 0.3) is 0 Å². The average molecular weight is 252 g/mol. The highest BCUT2D eigenvalue weighted by atomic mass is 16.3. The summed E-state index contributed by atoms with van der Waals surface area (Å²) in [6, 6.07) is 16.8. The van der Waals surface area contributed by atoms with Crippen LogP contribution >= 0.6 is 0 Å². The lowest BCUT2D eigenvalue weighted by Crippen LogP contribution is -2.17. The Labute approximate surface area is 114 Å². The molecule has 0 bridgehead atoms. The van der Waals surface area contributed by atoms with E-state index in [9.17, 15) is 5.11 Å². The molecule has 0 fully saturated rings. The van der Waals surface area contributed by atoms with Crippen LogP contribution in [0.5, 0.6) is 0 Å². The van der Waals surface area contributed by atoms with E-state index in [0.29, 0.717) is 0 Å². The maximum Gasteiger partial charge on any atom is 0.0858 e. The van der Waals surface area contributed by atoms with Crippen molar-refractivity contribution in [2.24, 2.45) is 0 Å². The summed E-state index contributed by atoms with van der Waals surface area (Å²) in [5.74, 6) is 0.242. The van der Waals surface area contributed by atoms with Gasteiger partial charge in [0.1, 0.15) is 0 Å². The van der Waals surface area contributed by atoms with Gasteiger partial charge in [0.05, 0.1) is 6.10 Å². The van der Waals surface area contributed by atoms with E-state index in [0.717, 1.165) is 18.4 Å². The van der Waals surface area contributed by atoms with Gasteiger partial charge < -0.3 is 5.11 Å². The number of hydrogen-bond donors (Lipinski definition) is 1. The van der Waals surface area contributed by atoms with E-state index in [4.69, 9.17) is 0 Å². The van der Waals surface area contributed by atoms with Crippen molar-refractivity contribution in [3.63, 3.8) is 0 Å². The average Bonchev–Trinajstić information content (AvgIpc) is 2.46. The zero-order chi connectivity index (χ0) is 13.2. The van der Waals surface area contributed by atoms with Gasteiger partial charge in [-0.05, 0) is 42.9 Å². The van der Waals surface area contributed by atoms with Crippen molar-refractivity contribution in [2.45, 2.75) is 38.2 Å². The number of hydrogen-bond acceptors (Lipinski definition) is 1. The Balaban J connectivity index is 1.95. The van der Waals surface area contributed by atoms with Gasteiger partial charge >= 0.3 is 0 Å². The first-order chi connectivity index (χ1) is 9.25. The highest BCUT2D eigenvalue weighted by Crippen LogP contribution is 2.40. The summed E-state index contributed by atoms with van der Waals surface area (Å²) in [7, 11) is 0. The van der Waals surface area contributed by atoms with Crippen molar-refractivity contribution in [3.05, 3.63) is 70.8 Å². The van der Waals surface area contributed by atoms with Crippen LogP contribution in [0.2, 0.25) is 0 Å². The first kappa shape index (κ1) is 12.4. The normalized spacial score (nSPS) is 19.8. The second kappa shape index (κ2) is 5.18. The molecule has 1 N–H and O–H groups in total. The minimum atomic E-state index is -0.388. The maximum atomic E-state index is 10.7. The molecule has 0 saturated heterocycles. The molecule has 2 unspecified atom stereocenters. The van der Waals surface area contributed by atoms with Gasteiger partial charge in [0.2, 0.25) is 0 Å². The molecule has 0 amide bonds. The topological polar surface area (TPSA) is 20.2 Å². The summed E-state index contributed by atoms with van der Waals surface area (Å²) in [4.78, 5) is 0. The lowest BCUT2D eigenvalue weighted by molar-refractivity contribution is 0.136. The van der Waals surface area contributed by atoms with Gasteiger partial charge in [0.25, 0.3) is 0 Å². The third-order valence-electron chi connectivity index (χ3n) is 4.18. The first-order valence-corrected chi connectivity index (χ1v) is 7.08. The number of aryl methyl sites for hydroxylation is 2. The standard InChI is InChI=1S/C18H20O/c1-13-6-4-9-15(12-13)18(19)17-11-5-8-14-7-2-3-10-16(14)17/h2-4,6-7,9-10,12,17-19H,5,8,11H2,1H3. The molecule has 1 heteroatoms. The van der Waals surface area contributed by atoms with Crippen molar-refractivity contribution in [1.29, 1.82) is 0 Å². The number of aliphatic hydroxyl groups excluding tert-OH is 1. The summed E-state index contributed by atoms with van der Waals surface area (Å²) < 4.78 is 0. The molecule has 2 aromatic carbocycles. The predicted molar refractivity (Wildman–Crippen MR) is 78.3 cm³/mol. The Morgan fingerprint density at radius 2 is 1.95 bits per heavy atom. The molecule has 1 aliphatic rings. The fraction of sp³-hybridized carbons (Fsp3) is 0.333. The van der Waals surface area contributed by atoms with Gasteiger partial charge in [-0.2, -0.15) is 0 Å². The highest BCUT2D eigenvalue weighted by molar-refractivity contribution is 5.36. The number of rotatable bonds is 2. The van der Waals surface area contributed by atoms with Crippen molar-refractivity contribution in [3.8, 4) is 0 Å². The van der Waals surface area contributed by atoms with Crippen LogP contribution in [-0.4, -0.2) is 5.11 Å². The number of benzene rings is 2. The fourth-order valence-electron chi connectivity index (χ4n) is 3.21. The molecule has 2 atom stereocenters. The van der Waals surface area contributed by atoms with Crippen LogP contribution in [0.1, 0.15) is 47.1 Å². The molecule has 0 spiro atoms. The smallest absolute Gasteiger partial charge is 0.0858 e. The number of fused-ring (bicyclic) bond motifs is 1. The summed E-state index contributed by atoms with van der Waals surface area (Å²) in [5.41, 5.74) is 5.00. The van der Waals surface area contributed by atoms with E-state index in [1.54, 1.807) is 0 Å². The Kier molecular flexibility index (Phi) is 3.39. The monoisotopic (exact) mass is 252 g/mol. The SMILES string of the molecule is Cc1cccc(C(O)C2CCCc3ccccc32)c1. The zero-order valence-electron chi connectivity index (χ0n) is 11.3. The minimum absolute atomic E-state index is 0.242. The summed E-state index contributed by atoms with van der Waals surface area (Å²) in [5, 5.41) is 10.7. The summed E-state index contributed by atoms with van der Waals surface area (Å²) >= 11 is 0. The highest BCUT2D eigenvalue weighted by Gasteiger charge is 2.27. The molecule has 0 radical (unpaired) electrons. The van der Waals surface area contributed by atoms with Crippen molar-refractivity contribution < 1.29 is 5.11 Å². The molecule has 0 heterocycles. The largest absolute Gasteiger partial charge is 0.388 e. The van der Waals surface area contributed by atoms with Gasteiger partial charge in [-0.15, -0.1) is 0 Å². The van der Waals surface area contributed by atoms with Gasteiger partial charge in [-0.25, -0.2) is 0 Å². The van der Waals surface area contributed by atoms with Crippen LogP contribution < -0.4 is 0 Å². The van der Waals surface area contributed by atoms with Crippen LogP contribution in [0, 0.1) is 6.92 Å². The lowest BCUT2D eigenvalue weighted by Gasteiger charge is -2.29. The van der Waals surface area contributed by atoms with Crippen LogP contribution in [0.15, 0.2) is 48.5 Å². The molecule has 2 aromatic rings. The van der Waals surface area contributed by atoms with Gasteiger partial charge in [0.15, 0.2) is 0 Å². The van der Waals surface area contributed by atoms with Gasteiger partial charge in [-0.3, -0.25) is 0 Å².